The van der Waals surface area contributed by atoms with Gasteiger partial charge in [-0.05, 0) is 50.7 Å². The van der Waals surface area contributed by atoms with Gasteiger partial charge in [-0.15, -0.1) is 0 Å². The number of hydrogen-bond acceptors (Lipinski definition) is 3. The predicted octanol–water partition coefficient (Wildman–Crippen LogP) is 4.76. The Morgan fingerprint density at radius 2 is 1.67 bits per heavy atom. The summed E-state index contributed by atoms with van der Waals surface area (Å²) >= 11 is 6.31. The Hall–Kier alpha value is -0.930. The van der Waals surface area contributed by atoms with Crippen LogP contribution < -0.4 is 15.2 Å². The molecule has 0 heterocycles. The maximum Gasteiger partial charge on any atom is 0.141 e. The number of ether oxygens (including phenoxy) is 2. The molecule has 4 heteroatoms. The third-order valence-electron chi connectivity index (χ3n) is 3.69. The van der Waals surface area contributed by atoms with E-state index in [1.54, 1.807) is 0 Å². The first kappa shape index (κ1) is 18.1. The van der Waals surface area contributed by atoms with Crippen molar-refractivity contribution >= 4 is 11.6 Å². The second kappa shape index (κ2) is 9.16. The Labute approximate surface area is 133 Å². The van der Waals surface area contributed by atoms with E-state index in [0.717, 1.165) is 30.6 Å². The quantitative estimate of drug-likeness (QED) is 0.715. The lowest BCUT2D eigenvalue weighted by Gasteiger charge is -2.20. The van der Waals surface area contributed by atoms with E-state index in [1.807, 2.05) is 26.0 Å². The molecule has 0 amide bonds. The molecule has 3 nitrogen and oxygen atoms in total. The number of rotatable bonds is 9. The highest BCUT2D eigenvalue weighted by Gasteiger charge is 2.17. The highest BCUT2D eigenvalue weighted by molar-refractivity contribution is 6.32. The number of nitrogens with two attached hydrogens (primary N) is 1. The van der Waals surface area contributed by atoms with Crippen LogP contribution >= 0.6 is 11.6 Å². The minimum absolute atomic E-state index is 0.265. The van der Waals surface area contributed by atoms with E-state index in [-0.39, 0.29) is 6.04 Å². The molecule has 0 radical (unpaired) electrons. The van der Waals surface area contributed by atoms with Crippen molar-refractivity contribution in [3.8, 4) is 11.5 Å². The van der Waals surface area contributed by atoms with E-state index in [0.29, 0.717) is 29.9 Å². The first-order valence-corrected chi connectivity index (χ1v) is 8.25. The van der Waals surface area contributed by atoms with Crippen molar-refractivity contribution in [2.75, 3.05) is 13.2 Å². The Bertz CT molecular complexity index is 437. The fourth-order valence-electron chi connectivity index (χ4n) is 2.31. The van der Waals surface area contributed by atoms with E-state index in [1.165, 1.54) is 0 Å². The first-order valence-electron chi connectivity index (χ1n) is 7.87. The second-order valence-corrected chi connectivity index (χ2v) is 5.74. The average molecular weight is 314 g/mol. The summed E-state index contributed by atoms with van der Waals surface area (Å²) in [5, 5.41) is 0.641. The SMILES string of the molecule is CCOc1cc(OCC)c(C(C)CCC(N)CC)cc1Cl. The summed E-state index contributed by atoms with van der Waals surface area (Å²) in [5.74, 6) is 1.91. The molecule has 120 valence electrons. The zero-order chi connectivity index (χ0) is 15.8. The van der Waals surface area contributed by atoms with Gasteiger partial charge in [0.2, 0.25) is 0 Å². The maximum atomic E-state index is 6.31. The molecule has 0 saturated heterocycles. The van der Waals surface area contributed by atoms with Crippen molar-refractivity contribution in [3.05, 3.63) is 22.7 Å². The monoisotopic (exact) mass is 313 g/mol. The lowest BCUT2D eigenvalue weighted by atomic mass is 9.93. The van der Waals surface area contributed by atoms with E-state index < -0.39 is 0 Å². The molecule has 1 aromatic rings. The third-order valence-corrected chi connectivity index (χ3v) is 3.99. The lowest BCUT2D eigenvalue weighted by molar-refractivity contribution is 0.319. The molecule has 2 N–H and O–H groups in total. The van der Waals surface area contributed by atoms with Crippen LogP contribution in [-0.2, 0) is 0 Å². The van der Waals surface area contributed by atoms with E-state index in [2.05, 4.69) is 13.8 Å². The summed E-state index contributed by atoms with van der Waals surface area (Å²) in [6.07, 6.45) is 3.04. The van der Waals surface area contributed by atoms with Crippen LogP contribution in [0.3, 0.4) is 0 Å². The minimum atomic E-state index is 0.265. The molecular formula is C17H28ClNO2. The van der Waals surface area contributed by atoms with E-state index in [4.69, 9.17) is 26.8 Å². The molecule has 21 heavy (non-hydrogen) atoms. The average Bonchev–Trinajstić information content (AvgIpc) is 2.47. The molecule has 0 saturated carbocycles. The molecule has 2 unspecified atom stereocenters. The Kier molecular flexibility index (Phi) is 7.91. The summed E-state index contributed by atoms with van der Waals surface area (Å²) in [4.78, 5) is 0. The topological polar surface area (TPSA) is 44.5 Å². The molecular weight excluding hydrogens is 286 g/mol. The van der Waals surface area contributed by atoms with Gasteiger partial charge < -0.3 is 15.2 Å². The van der Waals surface area contributed by atoms with Crippen LogP contribution in [0.1, 0.15) is 58.4 Å². The standard InChI is InChI=1S/C17H28ClNO2/c1-5-13(19)9-8-12(4)14-10-15(18)17(21-7-3)11-16(14)20-6-2/h10-13H,5-9,19H2,1-4H3. The van der Waals surface area contributed by atoms with Gasteiger partial charge in [0.05, 0.1) is 18.2 Å². The molecule has 0 fully saturated rings. The summed E-state index contributed by atoms with van der Waals surface area (Å²) in [6, 6.07) is 4.14. The Balaban J connectivity index is 2.95. The summed E-state index contributed by atoms with van der Waals surface area (Å²) in [7, 11) is 0. The normalized spacial score (nSPS) is 13.8. The van der Waals surface area contributed by atoms with Crippen molar-refractivity contribution < 1.29 is 9.47 Å². The van der Waals surface area contributed by atoms with Crippen LogP contribution in [0.2, 0.25) is 5.02 Å². The molecule has 0 spiro atoms. The predicted molar refractivity (Wildman–Crippen MR) is 89.7 cm³/mol. The van der Waals surface area contributed by atoms with Gasteiger partial charge in [0.15, 0.2) is 0 Å². The molecule has 0 aliphatic heterocycles. The van der Waals surface area contributed by atoms with Crippen molar-refractivity contribution in [1.29, 1.82) is 0 Å². The largest absolute Gasteiger partial charge is 0.493 e. The van der Waals surface area contributed by atoms with Gasteiger partial charge >= 0.3 is 0 Å². The minimum Gasteiger partial charge on any atom is -0.493 e. The molecule has 1 rings (SSSR count). The molecule has 2 atom stereocenters. The zero-order valence-electron chi connectivity index (χ0n) is 13.6. The van der Waals surface area contributed by atoms with Crippen LogP contribution in [0.5, 0.6) is 11.5 Å². The van der Waals surface area contributed by atoms with Gasteiger partial charge in [0.25, 0.3) is 0 Å². The van der Waals surface area contributed by atoms with Crippen molar-refractivity contribution in [1.82, 2.24) is 0 Å². The lowest BCUT2D eigenvalue weighted by Crippen LogP contribution is -2.19. The molecule has 0 bridgehead atoms. The molecule has 0 aliphatic carbocycles. The van der Waals surface area contributed by atoms with E-state index in [9.17, 15) is 0 Å². The fraction of sp³-hybridized carbons (Fsp3) is 0.647. The van der Waals surface area contributed by atoms with Crippen LogP contribution in [-0.4, -0.2) is 19.3 Å². The van der Waals surface area contributed by atoms with Gasteiger partial charge in [0, 0.05) is 12.1 Å². The molecule has 0 aromatic heterocycles. The molecule has 1 aromatic carbocycles. The highest BCUT2D eigenvalue weighted by Crippen LogP contribution is 2.38. The summed E-state index contributed by atoms with van der Waals surface area (Å²) < 4.78 is 11.3. The van der Waals surface area contributed by atoms with Crippen LogP contribution in [0.15, 0.2) is 12.1 Å². The van der Waals surface area contributed by atoms with Crippen LogP contribution in [0.25, 0.3) is 0 Å². The first-order chi connectivity index (χ1) is 10.0. The maximum absolute atomic E-state index is 6.31. The smallest absolute Gasteiger partial charge is 0.141 e. The van der Waals surface area contributed by atoms with Gasteiger partial charge in [0.1, 0.15) is 11.5 Å². The third kappa shape index (κ3) is 5.40. The van der Waals surface area contributed by atoms with Gasteiger partial charge in [-0.25, -0.2) is 0 Å². The Morgan fingerprint density at radius 3 is 2.24 bits per heavy atom. The highest BCUT2D eigenvalue weighted by atomic mass is 35.5. The number of halogens is 1. The van der Waals surface area contributed by atoms with E-state index >= 15 is 0 Å². The van der Waals surface area contributed by atoms with Crippen molar-refractivity contribution in [2.24, 2.45) is 5.73 Å². The number of benzene rings is 1. The summed E-state index contributed by atoms with van der Waals surface area (Å²) in [5.41, 5.74) is 7.15. The number of hydrogen-bond donors (Lipinski definition) is 1. The van der Waals surface area contributed by atoms with Crippen molar-refractivity contribution in [2.45, 2.75) is 58.9 Å². The fourth-order valence-corrected chi connectivity index (χ4v) is 2.53. The Morgan fingerprint density at radius 1 is 1.05 bits per heavy atom. The van der Waals surface area contributed by atoms with Crippen molar-refractivity contribution in [3.63, 3.8) is 0 Å². The van der Waals surface area contributed by atoms with Gasteiger partial charge in [-0.1, -0.05) is 25.4 Å². The second-order valence-electron chi connectivity index (χ2n) is 5.33. The van der Waals surface area contributed by atoms with Crippen LogP contribution in [0.4, 0.5) is 0 Å². The van der Waals surface area contributed by atoms with Gasteiger partial charge in [-0.3, -0.25) is 0 Å². The van der Waals surface area contributed by atoms with Crippen LogP contribution in [0, 0.1) is 0 Å². The molecule has 0 aliphatic rings. The summed E-state index contributed by atoms with van der Waals surface area (Å²) in [6.45, 7) is 9.45. The zero-order valence-corrected chi connectivity index (χ0v) is 14.4. The van der Waals surface area contributed by atoms with Gasteiger partial charge in [-0.2, -0.15) is 0 Å².